The predicted octanol–water partition coefficient (Wildman–Crippen LogP) is 4.27. The van der Waals surface area contributed by atoms with Gasteiger partial charge in [-0.15, -0.1) is 0 Å². The second kappa shape index (κ2) is 4.97. The van der Waals surface area contributed by atoms with Gasteiger partial charge in [-0.2, -0.15) is 0 Å². The first-order valence-corrected chi connectivity index (χ1v) is 7.25. The van der Waals surface area contributed by atoms with E-state index in [0.29, 0.717) is 5.92 Å². The zero-order chi connectivity index (χ0) is 13.4. The van der Waals surface area contributed by atoms with Gasteiger partial charge in [0.25, 0.3) is 0 Å². The van der Waals surface area contributed by atoms with Crippen LogP contribution in [0.25, 0.3) is 10.8 Å². The molecule has 0 aliphatic heterocycles. The number of rotatable bonds is 3. The van der Waals surface area contributed by atoms with E-state index in [1.807, 2.05) is 6.07 Å². The average Bonchev–Trinajstić information content (AvgIpc) is 3.23. The van der Waals surface area contributed by atoms with Crippen molar-refractivity contribution in [3.05, 3.63) is 46.4 Å². The van der Waals surface area contributed by atoms with Crippen molar-refractivity contribution in [2.24, 2.45) is 5.92 Å². The van der Waals surface area contributed by atoms with E-state index in [9.17, 15) is 4.79 Å². The third-order valence-corrected chi connectivity index (χ3v) is 4.23. The molecule has 2 aromatic rings. The van der Waals surface area contributed by atoms with Gasteiger partial charge in [-0.1, -0.05) is 40.2 Å². The lowest BCUT2D eigenvalue weighted by Crippen LogP contribution is -2.16. The molecule has 0 aromatic heterocycles. The Labute approximate surface area is 120 Å². The molecule has 1 aliphatic carbocycles. The van der Waals surface area contributed by atoms with Gasteiger partial charge in [-0.25, -0.2) is 0 Å². The Hall–Kier alpha value is -1.35. The zero-order valence-corrected chi connectivity index (χ0v) is 12.3. The Bertz CT molecular complexity index is 632. The number of carbonyl (C=O) groups is 1. The molecule has 0 N–H and O–H groups in total. The number of fused-ring (bicyclic) bond motifs is 1. The van der Waals surface area contributed by atoms with Crippen LogP contribution < -0.4 is 0 Å². The summed E-state index contributed by atoms with van der Waals surface area (Å²) in [5, 5.41) is 2.34. The van der Waals surface area contributed by atoms with E-state index >= 15 is 0 Å². The van der Waals surface area contributed by atoms with Gasteiger partial charge >= 0.3 is 5.97 Å². The van der Waals surface area contributed by atoms with Crippen molar-refractivity contribution in [1.82, 2.24) is 0 Å². The lowest BCUT2D eigenvalue weighted by molar-refractivity contribution is -0.143. The number of carbonyl (C=O) groups excluding carboxylic acids is 1. The number of ether oxygens (including phenoxy) is 1. The molecule has 98 valence electrons. The number of methoxy groups -OCH3 is 1. The molecule has 1 unspecified atom stereocenters. The van der Waals surface area contributed by atoms with Gasteiger partial charge < -0.3 is 4.74 Å². The van der Waals surface area contributed by atoms with E-state index in [1.165, 1.54) is 12.5 Å². The fourth-order valence-corrected chi connectivity index (χ4v) is 2.97. The van der Waals surface area contributed by atoms with Crippen molar-refractivity contribution >= 4 is 32.7 Å². The van der Waals surface area contributed by atoms with Crippen LogP contribution in [-0.4, -0.2) is 13.1 Å². The molecule has 3 heteroatoms. The van der Waals surface area contributed by atoms with Crippen LogP contribution in [0.5, 0.6) is 0 Å². The number of benzene rings is 2. The van der Waals surface area contributed by atoms with E-state index in [-0.39, 0.29) is 11.9 Å². The molecule has 0 bridgehead atoms. The van der Waals surface area contributed by atoms with Crippen LogP contribution in [0.3, 0.4) is 0 Å². The first kappa shape index (κ1) is 12.7. The van der Waals surface area contributed by atoms with Crippen molar-refractivity contribution in [3.8, 4) is 0 Å². The van der Waals surface area contributed by atoms with Gasteiger partial charge in [-0.05, 0) is 47.2 Å². The van der Waals surface area contributed by atoms with Gasteiger partial charge in [0, 0.05) is 4.47 Å². The molecule has 0 saturated heterocycles. The highest BCUT2D eigenvalue weighted by Crippen LogP contribution is 2.43. The van der Waals surface area contributed by atoms with Crippen LogP contribution in [-0.2, 0) is 9.53 Å². The van der Waals surface area contributed by atoms with Gasteiger partial charge in [-0.3, -0.25) is 4.79 Å². The summed E-state index contributed by atoms with van der Waals surface area (Å²) in [4.78, 5) is 12.0. The highest BCUT2D eigenvalue weighted by Gasteiger charge is 2.38. The standard InChI is InChI=1S/C16H15BrO2/c1-19-16(18)15(11-3-4-11)12-5-2-10-6-7-14(17)9-13(10)8-12/h2,5-9,11,15H,3-4H2,1H3. The summed E-state index contributed by atoms with van der Waals surface area (Å²) in [6.45, 7) is 0. The van der Waals surface area contributed by atoms with Crippen molar-refractivity contribution in [3.63, 3.8) is 0 Å². The maximum Gasteiger partial charge on any atom is 0.313 e. The van der Waals surface area contributed by atoms with Gasteiger partial charge in [0.2, 0.25) is 0 Å². The Kier molecular flexibility index (Phi) is 3.31. The molecule has 1 aliphatic rings. The zero-order valence-electron chi connectivity index (χ0n) is 10.7. The third-order valence-electron chi connectivity index (χ3n) is 3.73. The summed E-state index contributed by atoms with van der Waals surface area (Å²) in [6.07, 6.45) is 2.24. The van der Waals surface area contributed by atoms with E-state index in [1.54, 1.807) is 0 Å². The molecule has 0 amide bonds. The fourth-order valence-electron chi connectivity index (χ4n) is 2.59. The third kappa shape index (κ3) is 2.52. The second-order valence-electron chi connectivity index (χ2n) is 5.09. The number of halogens is 1. The lowest BCUT2D eigenvalue weighted by Gasteiger charge is -2.15. The fraction of sp³-hybridized carbons (Fsp3) is 0.312. The normalized spacial score (nSPS) is 16.3. The Morgan fingerprint density at radius 3 is 2.63 bits per heavy atom. The summed E-state index contributed by atoms with van der Waals surface area (Å²) in [5.41, 5.74) is 1.07. The van der Waals surface area contributed by atoms with Crippen LogP contribution in [0.1, 0.15) is 24.3 Å². The highest BCUT2D eigenvalue weighted by atomic mass is 79.9. The van der Waals surface area contributed by atoms with Crippen molar-refractivity contribution < 1.29 is 9.53 Å². The molecule has 1 fully saturated rings. The van der Waals surface area contributed by atoms with Crippen molar-refractivity contribution in [1.29, 1.82) is 0 Å². The topological polar surface area (TPSA) is 26.3 Å². The summed E-state index contributed by atoms with van der Waals surface area (Å²) in [5.74, 6) is 0.238. The minimum atomic E-state index is -0.114. The van der Waals surface area contributed by atoms with Crippen molar-refractivity contribution in [2.45, 2.75) is 18.8 Å². The SMILES string of the molecule is COC(=O)C(c1ccc2ccc(Br)cc2c1)C1CC1. The van der Waals surface area contributed by atoms with Crippen molar-refractivity contribution in [2.75, 3.05) is 7.11 Å². The molecule has 3 rings (SSSR count). The second-order valence-corrected chi connectivity index (χ2v) is 6.00. The summed E-state index contributed by atoms with van der Waals surface area (Å²) < 4.78 is 6.01. The van der Waals surface area contributed by atoms with E-state index < -0.39 is 0 Å². The highest BCUT2D eigenvalue weighted by molar-refractivity contribution is 9.10. The first-order valence-electron chi connectivity index (χ1n) is 6.46. The molecule has 1 saturated carbocycles. The van der Waals surface area contributed by atoms with Crippen LogP contribution in [0.4, 0.5) is 0 Å². The molecular formula is C16H15BrO2. The Balaban J connectivity index is 2.05. The molecule has 1 atom stereocenters. The minimum absolute atomic E-state index is 0.103. The van der Waals surface area contributed by atoms with E-state index in [0.717, 1.165) is 28.3 Å². The molecule has 2 aromatic carbocycles. The maximum absolute atomic E-state index is 12.0. The van der Waals surface area contributed by atoms with E-state index in [2.05, 4.69) is 46.3 Å². The molecule has 0 spiro atoms. The molecule has 0 radical (unpaired) electrons. The molecular weight excluding hydrogens is 304 g/mol. The Morgan fingerprint density at radius 2 is 1.95 bits per heavy atom. The van der Waals surface area contributed by atoms with E-state index in [4.69, 9.17) is 4.74 Å². The summed E-state index contributed by atoms with van der Waals surface area (Å²) in [6, 6.07) is 12.4. The molecule has 2 nitrogen and oxygen atoms in total. The smallest absolute Gasteiger partial charge is 0.313 e. The van der Waals surface area contributed by atoms with Gasteiger partial charge in [0.15, 0.2) is 0 Å². The van der Waals surface area contributed by atoms with Gasteiger partial charge in [0.1, 0.15) is 0 Å². The maximum atomic E-state index is 12.0. The van der Waals surface area contributed by atoms with Crippen LogP contribution in [0.2, 0.25) is 0 Å². The predicted molar refractivity (Wildman–Crippen MR) is 79.1 cm³/mol. The van der Waals surface area contributed by atoms with Gasteiger partial charge in [0.05, 0.1) is 13.0 Å². The Morgan fingerprint density at radius 1 is 1.21 bits per heavy atom. The number of esters is 1. The quantitative estimate of drug-likeness (QED) is 0.790. The largest absolute Gasteiger partial charge is 0.469 e. The number of hydrogen-bond acceptors (Lipinski definition) is 2. The number of hydrogen-bond donors (Lipinski definition) is 0. The van der Waals surface area contributed by atoms with Crippen LogP contribution in [0.15, 0.2) is 40.9 Å². The monoisotopic (exact) mass is 318 g/mol. The lowest BCUT2D eigenvalue weighted by atomic mass is 9.92. The molecule has 19 heavy (non-hydrogen) atoms. The minimum Gasteiger partial charge on any atom is -0.469 e. The summed E-state index contributed by atoms with van der Waals surface area (Å²) >= 11 is 3.49. The molecule has 0 heterocycles. The average molecular weight is 319 g/mol. The first-order chi connectivity index (χ1) is 9.19. The van der Waals surface area contributed by atoms with Crippen LogP contribution in [0, 0.1) is 5.92 Å². The van der Waals surface area contributed by atoms with Crippen LogP contribution >= 0.6 is 15.9 Å². The summed E-state index contributed by atoms with van der Waals surface area (Å²) in [7, 11) is 1.47.